The lowest BCUT2D eigenvalue weighted by Gasteiger charge is -2.21. The van der Waals surface area contributed by atoms with Gasteiger partial charge in [0.05, 0.1) is 0 Å². The molecule has 0 saturated carbocycles. The summed E-state index contributed by atoms with van der Waals surface area (Å²) in [7, 11) is 0. The number of rotatable bonds is 13. The largest absolute Gasteiger partial charge is 0.459 e. The third-order valence-corrected chi connectivity index (χ3v) is 5.75. The van der Waals surface area contributed by atoms with Gasteiger partial charge in [-0.3, -0.25) is 4.79 Å². The van der Waals surface area contributed by atoms with E-state index in [1.54, 1.807) is 24.3 Å². The van der Waals surface area contributed by atoms with Gasteiger partial charge in [0.25, 0.3) is 0 Å². The van der Waals surface area contributed by atoms with E-state index in [1.807, 2.05) is 20.1 Å². The summed E-state index contributed by atoms with van der Waals surface area (Å²) in [5.41, 5.74) is 23.8. The van der Waals surface area contributed by atoms with E-state index in [4.69, 9.17) is 37.1 Å². The van der Waals surface area contributed by atoms with Crippen LogP contribution in [0.2, 0.25) is 0 Å². The van der Waals surface area contributed by atoms with E-state index in [2.05, 4.69) is 0 Å². The second-order valence-corrected chi connectivity index (χ2v) is 9.43. The molecular formula is C23H36N4O7S. The van der Waals surface area contributed by atoms with Crippen molar-refractivity contribution in [3.05, 3.63) is 29.8 Å². The van der Waals surface area contributed by atoms with Gasteiger partial charge in [0.2, 0.25) is 0 Å². The lowest BCUT2D eigenvalue weighted by molar-refractivity contribution is -0.165. The number of carbonyl (C=O) groups excluding carboxylic acids is 4. The van der Waals surface area contributed by atoms with Crippen molar-refractivity contribution in [3.63, 3.8) is 0 Å². The van der Waals surface area contributed by atoms with Gasteiger partial charge in [0, 0.05) is 0 Å². The third-order valence-electron chi connectivity index (χ3n) is 5.11. The molecule has 0 aliphatic heterocycles. The second-order valence-electron chi connectivity index (χ2n) is 8.44. The molecular weight excluding hydrogens is 476 g/mol. The molecule has 1 aromatic rings. The molecule has 1 rings (SSSR count). The second kappa shape index (κ2) is 14.8. The van der Waals surface area contributed by atoms with Crippen molar-refractivity contribution < 1.29 is 33.4 Å². The molecule has 0 heterocycles. The number of hydrogen-bond donors (Lipinski definition) is 4. The topological polar surface area (TPSA) is 200 Å². The summed E-state index contributed by atoms with van der Waals surface area (Å²) in [5, 5.41) is 0. The molecule has 0 aliphatic rings. The first-order valence-electron chi connectivity index (χ1n) is 11.1. The van der Waals surface area contributed by atoms with Crippen LogP contribution in [0.1, 0.15) is 32.8 Å². The summed E-state index contributed by atoms with van der Waals surface area (Å²) < 4.78 is 15.1. The number of benzene rings is 1. The minimum Gasteiger partial charge on any atom is -0.459 e. The van der Waals surface area contributed by atoms with Gasteiger partial charge < -0.3 is 37.1 Å². The fourth-order valence-corrected chi connectivity index (χ4v) is 3.12. The monoisotopic (exact) mass is 512 g/mol. The highest BCUT2D eigenvalue weighted by atomic mass is 32.2. The molecule has 11 nitrogen and oxygen atoms in total. The maximum absolute atomic E-state index is 12.4. The fraction of sp³-hybridized carbons (Fsp3) is 0.565. The molecule has 1 aromatic carbocycles. The first-order valence-corrected chi connectivity index (χ1v) is 12.5. The van der Waals surface area contributed by atoms with Crippen LogP contribution >= 0.6 is 11.8 Å². The van der Waals surface area contributed by atoms with Gasteiger partial charge in [0.1, 0.15) is 36.0 Å². The van der Waals surface area contributed by atoms with E-state index in [9.17, 15) is 19.2 Å². The number of hydrogen-bond acceptors (Lipinski definition) is 12. The van der Waals surface area contributed by atoms with Crippen molar-refractivity contribution in [1.29, 1.82) is 0 Å². The average Bonchev–Trinajstić information content (AvgIpc) is 2.82. The summed E-state index contributed by atoms with van der Waals surface area (Å²) in [6.07, 6.45) is 1.23. The van der Waals surface area contributed by atoms with E-state index < -0.39 is 54.1 Å². The first-order chi connectivity index (χ1) is 16.4. The lowest BCUT2D eigenvalue weighted by Crippen LogP contribution is -2.48. The number of carbonyl (C=O) groups is 4. The highest BCUT2D eigenvalue weighted by Crippen LogP contribution is 2.15. The molecule has 0 radical (unpaired) electrons. The maximum Gasteiger partial charge on any atom is 0.334 e. The van der Waals surface area contributed by atoms with Gasteiger partial charge >= 0.3 is 23.9 Å². The van der Waals surface area contributed by atoms with Crippen molar-refractivity contribution >= 4 is 35.6 Å². The highest BCUT2D eigenvalue weighted by molar-refractivity contribution is 7.98. The fourth-order valence-electron chi connectivity index (χ4n) is 2.63. The quantitative estimate of drug-likeness (QED) is 0.155. The number of nitrogens with two attached hydrogens (primary N) is 4. The third kappa shape index (κ3) is 10.3. The number of thioether (sulfide) groups is 1. The Bertz CT molecular complexity index is 866. The minimum atomic E-state index is -1.39. The zero-order chi connectivity index (χ0) is 26.7. The summed E-state index contributed by atoms with van der Waals surface area (Å²) in [5.74, 6) is -2.40. The molecule has 0 saturated heterocycles. The van der Waals surface area contributed by atoms with E-state index in [0.717, 1.165) is 0 Å². The Kier molecular flexibility index (Phi) is 12.9. The van der Waals surface area contributed by atoms with E-state index in [-0.39, 0.29) is 12.3 Å². The van der Waals surface area contributed by atoms with Crippen molar-refractivity contribution in [2.45, 2.75) is 63.9 Å². The minimum absolute atomic E-state index is 0.0637. The van der Waals surface area contributed by atoms with Crippen LogP contribution in [-0.4, -0.2) is 66.2 Å². The Balaban J connectivity index is 2.57. The van der Waals surface area contributed by atoms with Gasteiger partial charge in [-0.15, -0.1) is 0 Å². The highest BCUT2D eigenvalue weighted by Gasteiger charge is 2.30. The number of ether oxygens (including phenoxy) is 3. The Hall–Kier alpha value is -2.51. The predicted molar refractivity (Wildman–Crippen MR) is 132 cm³/mol. The normalized spacial score (nSPS) is 15.5. The van der Waals surface area contributed by atoms with Crippen LogP contribution in [0.3, 0.4) is 0 Å². The summed E-state index contributed by atoms with van der Waals surface area (Å²) in [6, 6.07) is 2.29. The maximum atomic E-state index is 12.4. The van der Waals surface area contributed by atoms with Crippen molar-refractivity contribution in [2.75, 3.05) is 12.0 Å². The average molecular weight is 513 g/mol. The van der Waals surface area contributed by atoms with Gasteiger partial charge in [-0.1, -0.05) is 26.0 Å². The van der Waals surface area contributed by atoms with Gasteiger partial charge in [-0.25, -0.2) is 14.4 Å². The van der Waals surface area contributed by atoms with Crippen LogP contribution in [-0.2, 0) is 35.1 Å². The Labute approximate surface area is 209 Å². The Morgan fingerprint density at radius 2 is 1.43 bits per heavy atom. The van der Waals surface area contributed by atoms with Crippen molar-refractivity contribution in [2.24, 2.45) is 28.9 Å². The molecule has 0 aromatic heterocycles. The summed E-state index contributed by atoms with van der Waals surface area (Å²) in [6.45, 7) is 5.02. The zero-order valence-corrected chi connectivity index (χ0v) is 21.3. The molecule has 35 heavy (non-hydrogen) atoms. The molecule has 5 atom stereocenters. The van der Waals surface area contributed by atoms with Crippen LogP contribution in [0.5, 0.6) is 5.75 Å². The summed E-state index contributed by atoms with van der Waals surface area (Å²) >= 11 is 1.50. The van der Waals surface area contributed by atoms with Crippen LogP contribution in [0, 0.1) is 5.92 Å². The smallest absolute Gasteiger partial charge is 0.334 e. The van der Waals surface area contributed by atoms with Crippen LogP contribution in [0.15, 0.2) is 24.3 Å². The van der Waals surface area contributed by atoms with Gasteiger partial charge in [-0.05, 0) is 55.4 Å². The van der Waals surface area contributed by atoms with Crippen molar-refractivity contribution in [3.8, 4) is 5.75 Å². The molecule has 0 amide bonds. The van der Waals surface area contributed by atoms with E-state index in [0.29, 0.717) is 23.5 Å². The van der Waals surface area contributed by atoms with Crippen LogP contribution < -0.4 is 27.7 Å². The molecule has 12 heteroatoms. The van der Waals surface area contributed by atoms with Crippen LogP contribution in [0.25, 0.3) is 0 Å². The molecule has 196 valence electrons. The molecule has 0 unspecified atom stereocenters. The van der Waals surface area contributed by atoms with E-state index in [1.165, 1.54) is 18.7 Å². The zero-order valence-electron chi connectivity index (χ0n) is 20.5. The van der Waals surface area contributed by atoms with Crippen LogP contribution in [0.4, 0.5) is 0 Å². The van der Waals surface area contributed by atoms with E-state index >= 15 is 0 Å². The molecule has 0 bridgehead atoms. The van der Waals surface area contributed by atoms with Gasteiger partial charge in [0.15, 0.2) is 0 Å². The number of esters is 4. The standard InChI is InChI=1S/C23H36N4O7S/c1-12(2)18(26)22(30)33-15-7-5-14(6-8-15)11-17(25)21(29)32-13(3)19(27)23(31)34-20(28)16(24)9-10-35-4/h5-8,12-13,16-19H,9-11,24-27H2,1-4H3/t13-,16+,17+,18+,19+/m1/s1. The van der Waals surface area contributed by atoms with Crippen molar-refractivity contribution in [1.82, 2.24) is 0 Å². The Morgan fingerprint density at radius 3 is 1.97 bits per heavy atom. The molecule has 0 spiro atoms. The lowest BCUT2D eigenvalue weighted by atomic mass is 10.1. The predicted octanol–water partition coefficient (Wildman–Crippen LogP) is -0.146. The molecule has 0 fully saturated rings. The SMILES string of the molecule is CSCC[C@H](N)C(=O)OC(=O)[C@@H](N)[C@@H](C)OC(=O)[C@@H](N)Cc1ccc(OC(=O)[C@@H](N)C(C)C)cc1. The molecule has 0 aliphatic carbocycles. The first kappa shape index (κ1) is 30.5. The molecule has 8 N–H and O–H groups in total. The summed E-state index contributed by atoms with van der Waals surface area (Å²) in [4.78, 5) is 48.3. The van der Waals surface area contributed by atoms with Gasteiger partial charge in [-0.2, -0.15) is 11.8 Å². The Morgan fingerprint density at radius 1 is 0.829 bits per heavy atom.